The minimum atomic E-state index is 0.0506. The molecule has 4 N–H and O–H groups in total. The molecule has 4 rings (SSSR count). The summed E-state index contributed by atoms with van der Waals surface area (Å²) in [7, 11) is 5.57. The summed E-state index contributed by atoms with van der Waals surface area (Å²) < 4.78 is 0. The molecular weight excluding hydrogens is 366 g/mol. The maximum atomic E-state index is 12.2. The lowest BCUT2D eigenvalue weighted by atomic mass is 9.93. The molecule has 3 aromatic rings. The van der Waals surface area contributed by atoms with E-state index in [9.17, 15) is 4.79 Å². The third-order valence-electron chi connectivity index (χ3n) is 5.26. The Labute approximate surface area is 170 Å². The van der Waals surface area contributed by atoms with Gasteiger partial charge in [0.2, 0.25) is 17.4 Å². The van der Waals surface area contributed by atoms with Gasteiger partial charge in [-0.1, -0.05) is 4.98 Å². The Morgan fingerprint density at radius 2 is 1.97 bits per heavy atom. The van der Waals surface area contributed by atoms with Gasteiger partial charge in [0.15, 0.2) is 0 Å². The Kier molecular flexibility index (Phi) is 5.35. The Bertz CT molecular complexity index is 992. The maximum Gasteiger partial charge on any atom is 0.351 e. The number of nitrogens with zero attached hydrogens (tertiary/aromatic N) is 3. The summed E-state index contributed by atoms with van der Waals surface area (Å²) in [6.45, 7) is 0.377. The van der Waals surface area contributed by atoms with Crippen molar-refractivity contribution in [3.63, 3.8) is 0 Å². The van der Waals surface area contributed by atoms with Crippen LogP contribution in [0.3, 0.4) is 0 Å². The number of carbonyl (C=O) groups is 1. The first-order valence-corrected chi connectivity index (χ1v) is 9.95. The highest BCUT2D eigenvalue weighted by molar-refractivity contribution is 5.94. The smallest absolute Gasteiger partial charge is 0.336 e. The number of likely N-dealkylation sites (N-methyl/N-ethyl adjacent to an activating group) is 2. The lowest BCUT2D eigenvalue weighted by Gasteiger charge is -2.24. The van der Waals surface area contributed by atoms with E-state index in [0.29, 0.717) is 18.5 Å². The van der Waals surface area contributed by atoms with Crippen molar-refractivity contribution in [2.45, 2.75) is 25.3 Å². The van der Waals surface area contributed by atoms with Gasteiger partial charge in [-0.25, -0.2) is 4.98 Å². The van der Waals surface area contributed by atoms with Crippen molar-refractivity contribution in [2.75, 3.05) is 43.2 Å². The van der Waals surface area contributed by atoms with E-state index in [2.05, 4.69) is 25.6 Å². The number of carbonyl (C=O) groups excluding carboxylic acids is 1. The highest BCUT2D eigenvalue weighted by Gasteiger charge is 2.23. The van der Waals surface area contributed by atoms with E-state index in [4.69, 9.17) is 0 Å². The first kappa shape index (κ1) is 19.2. The fraction of sp³-hybridized carbons (Fsp3) is 0.381. The zero-order valence-corrected chi connectivity index (χ0v) is 17.1. The predicted octanol–water partition coefficient (Wildman–Crippen LogP) is 2.61. The first-order chi connectivity index (χ1) is 14.0. The highest BCUT2D eigenvalue weighted by atomic mass is 16.2. The second-order valence-corrected chi connectivity index (χ2v) is 7.83. The molecular formula is C21H28N7O+. The van der Waals surface area contributed by atoms with E-state index >= 15 is 0 Å². The molecule has 1 fully saturated rings. The average molecular weight is 395 g/mol. The SMILES string of the molecule is CN(C)CC(=O)N(C)c1ccc(Nc2nc3[nH]ccc3c(NC3CCC3)[nH+]2)cc1. The van der Waals surface area contributed by atoms with Crippen LogP contribution in [0.1, 0.15) is 19.3 Å². The summed E-state index contributed by atoms with van der Waals surface area (Å²) in [5.41, 5.74) is 2.58. The van der Waals surface area contributed by atoms with Gasteiger partial charge in [-0.05, 0) is 63.7 Å². The molecule has 0 atom stereocenters. The third-order valence-corrected chi connectivity index (χ3v) is 5.26. The van der Waals surface area contributed by atoms with Gasteiger partial charge in [0.05, 0.1) is 23.7 Å². The van der Waals surface area contributed by atoms with E-state index in [0.717, 1.165) is 28.2 Å². The van der Waals surface area contributed by atoms with E-state index in [1.54, 1.807) is 11.9 Å². The van der Waals surface area contributed by atoms with E-state index in [-0.39, 0.29) is 5.91 Å². The molecule has 1 aliphatic rings. The van der Waals surface area contributed by atoms with Crippen LogP contribution in [0, 0.1) is 0 Å². The van der Waals surface area contributed by atoms with E-state index in [1.807, 2.05) is 55.5 Å². The van der Waals surface area contributed by atoms with Gasteiger partial charge in [0.1, 0.15) is 0 Å². The molecule has 0 bridgehead atoms. The molecule has 8 nitrogen and oxygen atoms in total. The minimum absolute atomic E-state index is 0.0506. The number of rotatable bonds is 7. The molecule has 0 radical (unpaired) electrons. The zero-order chi connectivity index (χ0) is 20.4. The Morgan fingerprint density at radius 1 is 1.21 bits per heavy atom. The molecule has 8 heteroatoms. The molecule has 1 saturated carbocycles. The number of aromatic amines is 2. The summed E-state index contributed by atoms with van der Waals surface area (Å²) in [4.78, 5) is 26.9. The van der Waals surface area contributed by atoms with Gasteiger partial charge in [-0.15, -0.1) is 0 Å². The number of H-pyrrole nitrogens is 2. The number of hydrogen-bond donors (Lipinski definition) is 3. The van der Waals surface area contributed by atoms with Gasteiger partial charge in [-0.3, -0.25) is 10.1 Å². The van der Waals surface area contributed by atoms with Crippen LogP contribution in [0.2, 0.25) is 0 Å². The van der Waals surface area contributed by atoms with Crippen molar-refractivity contribution in [3.8, 4) is 0 Å². The van der Waals surface area contributed by atoms with Crippen molar-refractivity contribution in [3.05, 3.63) is 36.5 Å². The molecule has 0 aliphatic heterocycles. The van der Waals surface area contributed by atoms with Crippen LogP contribution < -0.4 is 20.5 Å². The molecule has 0 saturated heterocycles. The van der Waals surface area contributed by atoms with E-state index in [1.165, 1.54) is 19.3 Å². The average Bonchev–Trinajstić information content (AvgIpc) is 3.13. The van der Waals surface area contributed by atoms with Crippen LogP contribution in [-0.2, 0) is 4.79 Å². The summed E-state index contributed by atoms with van der Waals surface area (Å²) in [6.07, 6.45) is 5.58. The number of nitrogens with one attached hydrogen (secondary N) is 4. The van der Waals surface area contributed by atoms with Crippen LogP contribution in [0.4, 0.5) is 23.1 Å². The normalized spacial score (nSPS) is 14.1. The molecule has 2 aromatic heterocycles. The lowest BCUT2D eigenvalue weighted by Crippen LogP contribution is -2.34. The topological polar surface area (TPSA) is 90.4 Å². The number of fused-ring (bicyclic) bond motifs is 1. The molecule has 29 heavy (non-hydrogen) atoms. The highest BCUT2D eigenvalue weighted by Crippen LogP contribution is 2.26. The van der Waals surface area contributed by atoms with Gasteiger partial charge in [-0.2, -0.15) is 0 Å². The third kappa shape index (κ3) is 4.32. The molecule has 1 aliphatic carbocycles. The monoisotopic (exact) mass is 394 g/mol. The van der Waals surface area contributed by atoms with Crippen LogP contribution in [0.25, 0.3) is 11.0 Å². The van der Waals surface area contributed by atoms with Crippen molar-refractivity contribution in [1.82, 2.24) is 14.9 Å². The second kappa shape index (κ2) is 8.08. The number of aromatic nitrogens is 3. The Hall–Kier alpha value is -3.13. The summed E-state index contributed by atoms with van der Waals surface area (Å²) in [6, 6.07) is 10.3. The predicted molar refractivity (Wildman–Crippen MR) is 116 cm³/mol. The summed E-state index contributed by atoms with van der Waals surface area (Å²) >= 11 is 0. The quantitative estimate of drug-likeness (QED) is 0.573. The minimum Gasteiger partial charge on any atom is -0.336 e. The van der Waals surface area contributed by atoms with Crippen LogP contribution in [-0.4, -0.2) is 54.5 Å². The van der Waals surface area contributed by atoms with Gasteiger partial charge >= 0.3 is 5.95 Å². The van der Waals surface area contributed by atoms with Crippen LogP contribution >= 0.6 is 0 Å². The van der Waals surface area contributed by atoms with Gasteiger partial charge < -0.3 is 20.1 Å². The summed E-state index contributed by atoms with van der Waals surface area (Å²) in [5.74, 6) is 1.69. The molecule has 0 unspecified atom stereocenters. The van der Waals surface area contributed by atoms with Crippen molar-refractivity contribution in [1.29, 1.82) is 0 Å². The fourth-order valence-electron chi connectivity index (χ4n) is 3.34. The number of anilines is 4. The molecule has 1 amide bonds. The first-order valence-electron chi connectivity index (χ1n) is 9.95. The van der Waals surface area contributed by atoms with Crippen molar-refractivity contribution in [2.24, 2.45) is 0 Å². The molecule has 0 spiro atoms. The fourth-order valence-corrected chi connectivity index (χ4v) is 3.34. The summed E-state index contributed by atoms with van der Waals surface area (Å²) in [5, 5.41) is 7.96. The second-order valence-electron chi connectivity index (χ2n) is 7.83. The Morgan fingerprint density at radius 3 is 2.62 bits per heavy atom. The molecule has 2 heterocycles. The van der Waals surface area contributed by atoms with E-state index < -0.39 is 0 Å². The largest absolute Gasteiger partial charge is 0.351 e. The van der Waals surface area contributed by atoms with Crippen molar-refractivity contribution < 1.29 is 9.78 Å². The standard InChI is InChI=1S/C21H27N7O/c1-27(2)13-18(29)28(3)16-9-7-15(8-10-16)24-21-25-19-17(11-12-22-19)20(26-21)23-14-5-4-6-14/h7-12,14H,4-6,13H2,1-3H3,(H3,22,23,24,25,26)/p+1. The Balaban J connectivity index is 1.50. The number of benzene rings is 1. The van der Waals surface area contributed by atoms with Gasteiger partial charge in [0, 0.05) is 18.9 Å². The number of amides is 1. The lowest BCUT2D eigenvalue weighted by molar-refractivity contribution is -0.346. The zero-order valence-electron chi connectivity index (χ0n) is 17.1. The van der Waals surface area contributed by atoms with Crippen LogP contribution in [0.5, 0.6) is 0 Å². The number of hydrogen-bond acceptors (Lipinski definition) is 5. The molecule has 152 valence electrons. The van der Waals surface area contributed by atoms with Crippen molar-refractivity contribution >= 4 is 40.1 Å². The van der Waals surface area contributed by atoms with Gasteiger partial charge in [0.25, 0.3) is 0 Å². The molecule has 1 aromatic carbocycles. The maximum absolute atomic E-state index is 12.2. The van der Waals surface area contributed by atoms with Crippen LogP contribution in [0.15, 0.2) is 36.5 Å².